The van der Waals surface area contributed by atoms with E-state index < -0.39 is 0 Å². The molecule has 0 aliphatic heterocycles. The number of nitrogens with zero attached hydrogens (tertiary/aromatic N) is 1. The van der Waals surface area contributed by atoms with Crippen LogP contribution in [0.15, 0.2) is 0 Å². The Bertz CT molecular complexity index is 295. The van der Waals surface area contributed by atoms with Crippen molar-refractivity contribution < 1.29 is 4.84 Å². The highest BCUT2D eigenvalue weighted by molar-refractivity contribution is 5.28. The van der Waals surface area contributed by atoms with E-state index in [1.54, 1.807) is 0 Å². The third kappa shape index (κ3) is 1.47. The first-order valence-electron chi connectivity index (χ1n) is 4.74. The summed E-state index contributed by atoms with van der Waals surface area (Å²) >= 11 is 0. The molecule has 1 aliphatic carbocycles. The van der Waals surface area contributed by atoms with Crippen molar-refractivity contribution in [3.63, 3.8) is 0 Å². The van der Waals surface area contributed by atoms with E-state index in [1.165, 1.54) is 24.1 Å². The molecule has 0 saturated carbocycles. The minimum absolute atomic E-state index is 0.0990. The zero-order valence-corrected chi connectivity index (χ0v) is 7.84. The van der Waals surface area contributed by atoms with Crippen LogP contribution in [0.1, 0.15) is 42.8 Å². The van der Waals surface area contributed by atoms with Crippen LogP contribution in [0.4, 0.5) is 0 Å². The Labute approximate surface area is 77.4 Å². The van der Waals surface area contributed by atoms with E-state index in [0.29, 0.717) is 0 Å². The van der Waals surface area contributed by atoms with Gasteiger partial charge in [0, 0.05) is 5.69 Å². The highest BCUT2D eigenvalue weighted by Crippen LogP contribution is 2.26. The molecular formula is C9H15N3O. The van der Waals surface area contributed by atoms with Crippen molar-refractivity contribution >= 4 is 0 Å². The molecule has 0 fully saturated rings. The lowest BCUT2D eigenvalue weighted by molar-refractivity contribution is 0.0627. The maximum Gasteiger partial charge on any atom is 0.120 e. The van der Waals surface area contributed by atoms with Crippen LogP contribution in [-0.4, -0.2) is 10.2 Å². The third-order valence-electron chi connectivity index (χ3n) is 2.68. The lowest BCUT2D eigenvalue weighted by Gasteiger charge is -2.13. The molecule has 1 heterocycles. The van der Waals surface area contributed by atoms with Gasteiger partial charge in [-0.25, -0.2) is 5.90 Å². The minimum atomic E-state index is -0.0990. The molecule has 0 bridgehead atoms. The third-order valence-corrected chi connectivity index (χ3v) is 2.68. The normalized spacial score (nSPS) is 18.3. The van der Waals surface area contributed by atoms with Crippen molar-refractivity contribution in [2.24, 2.45) is 5.90 Å². The molecule has 1 aromatic heterocycles. The number of H-pyrrole nitrogens is 1. The monoisotopic (exact) mass is 181 g/mol. The van der Waals surface area contributed by atoms with Crippen molar-refractivity contribution in [3.8, 4) is 0 Å². The van der Waals surface area contributed by atoms with Gasteiger partial charge in [0.1, 0.15) is 6.10 Å². The first kappa shape index (κ1) is 8.72. The predicted molar refractivity (Wildman–Crippen MR) is 48.9 cm³/mol. The zero-order valence-electron chi connectivity index (χ0n) is 7.84. The number of hydrogen-bond acceptors (Lipinski definition) is 3. The second-order valence-electron chi connectivity index (χ2n) is 3.55. The molecule has 1 aliphatic rings. The van der Waals surface area contributed by atoms with E-state index in [2.05, 4.69) is 10.2 Å². The van der Waals surface area contributed by atoms with Crippen LogP contribution in [0.2, 0.25) is 0 Å². The maximum absolute atomic E-state index is 5.14. The molecule has 0 aromatic carbocycles. The molecule has 0 spiro atoms. The van der Waals surface area contributed by atoms with Gasteiger partial charge in [0.05, 0.1) is 5.69 Å². The van der Waals surface area contributed by atoms with E-state index in [9.17, 15) is 0 Å². The summed E-state index contributed by atoms with van der Waals surface area (Å²) in [5, 5.41) is 7.29. The van der Waals surface area contributed by atoms with Gasteiger partial charge in [0.15, 0.2) is 0 Å². The van der Waals surface area contributed by atoms with Crippen molar-refractivity contribution in [1.29, 1.82) is 0 Å². The number of aromatic amines is 1. The lowest BCUT2D eigenvalue weighted by Crippen LogP contribution is -2.09. The summed E-state index contributed by atoms with van der Waals surface area (Å²) in [6.45, 7) is 1.92. The van der Waals surface area contributed by atoms with Gasteiger partial charge in [-0.1, -0.05) is 0 Å². The Morgan fingerprint density at radius 3 is 3.00 bits per heavy atom. The first-order valence-corrected chi connectivity index (χ1v) is 4.74. The molecular weight excluding hydrogens is 166 g/mol. The second kappa shape index (κ2) is 3.47. The van der Waals surface area contributed by atoms with Crippen molar-refractivity contribution in [2.75, 3.05) is 0 Å². The number of aromatic nitrogens is 2. The quantitative estimate of drug-likeness (QED) is 0.675. The Morgan fingerprint density at radius 1 is 1.46 bits per heavy atom. The number of fused-ring (bicyclic) bond motifs is 1. The van der Waals surface area contributed by atoms with E-state index in [4.69, 9.17) is 10.7 Å². The molecule has 1 aromatic rings. The number of nitrogens with two attached hydrogens (primary N) is 1. The number of hydrogen-bond donors (Lipinski definition) is 2. The molecule has 3 N–H and O–H groups in total. The SMILES string of the molecule is CC(ON)c1n[nH]c2c1CCCC2. The molecule has 1 atom stereocenters. The molecule has 4 heteroatoms. The van der Waals surface area contributed by atoms with Gasteiger partial charge in [0.2, 0.25) is 0 Å². The van der Waals surface area contributed by atoms with Crippen molar-refractivity contribution in [2.45, 2.75) is 38.7 Å². The van der Waals surface area contributed by atoms with Crippen LogP contribution >= 0.6 is 0 Å². The fraction of sp³-hybridized carbons (Fsp3) is 0.667. The topological polar surface area (TPSA) is 63.9 Å². The number of rotatable bonds is 2. The summed E-state index contributed by atoms with van der Waals surface area (Å²) in [5.74, 6) is 5.14. The zero-order chi connectivity index (χ0) is 9.26. The summed E-state index contributed by atoms with van der Waals surface area (Å²) in [5.41, 5.74) is 3.58. The van der Waals surface area contributed by atoms with Crippen LogP contribution in [-0.2, 0) is 17.7 Å². The Kier molecular flexibility index (Phi) is 2.33. The van der Waals surface area contributed by atoms with Crippen molar-refractivity contribution in [3.05, 3.63) is 17.0 Å². The molecule has 1 unspecified atom stereocenters. The molecule has 0 amide bonds. The van der Waals surface area contributed by atoms with E-state index in [-0.39, 0.29) is 6.10 Å². The van der Waals surface area contributed by atoms with Gasteiger partial charge in [-0.15, -0.1) is 0 Å². The van der Waals surface area contributed by atoms with Gasteiger partial charge >= 0.3 is 0 Å². The van der Waals surface area contributed by atoms with Gasteiger partial charge < -0.3 is 0 Å². The summed E-state index contributed by atoms with van der Waals surface area (Å²) in [6, 6.07) is 0. The molecule has 13 heavy (non-hydrogen) atoms. The van der Waals surface area contributed by atoms with E-state index >= 15 is 0 Å². The molecule has 0 radical (unpaired) electrons. The average Bonchev–Trinajstić information content (AvgIpc) is 2.60. The Balaban J connectivity index is 2.31. The summed E-state index contributed by atoms with van der Waals surface area (Å²) in [6.07, 6.45) is 4.62. The van der Waals surface area contributed by atoms with Crippen LogP contribution < -0.4 is 5.90 Å². The molecule has 0 saturated heterocycles. The van der Waals surface area contributed by atoms with Gasteiger partial charge in [-0.05, 0) is 38.2 Å². The maximum atomic E-state index is 5.14. The van der Waals surface area contributed by atoms with E-state index in [1.807, 2.05) is 6.92 Å². The van der Waals surface area contributed by atoms with Crippen LogP contribution in [0.3, 0.4) is 0 Å². The lowest BCUT2D eigenvalue weighted by atomic mass is 9.95. The first-order chi connectivity index (χ1) is 6.33. The molecule has 2 rings (SSSR count). The standard InChI is InChI=1S/C9H15N3O/c1-6(13-10)9-7-4-2-3-5-8(7)11-12-9/h6H,2-5,10H2,1H3,(H,11,12). The van der Waals surface area contributed by atoms with Crippen LogP contribution in [0, 0.1) is 0 Å². The predicted octanol–water partition coefficient (Wildman–Crippen LogP) is 1.24. The fourth-order valence-electron chi connectivity index (χ4n) is 1.91. The Hall–Kier alpha value is -0.870. The van der Waals surface area contributed by atoms with Crippen LogP contribution in [0.25, 0.3) is 0 Å². The van der Waals surface area contributed by atoms with Crippen molar-refractivity contribution in [1.82, 2.24) is 10.2 Å². The molecule has 72 valence electrons. The summed E-state index contributed by atoms with van der Waals surface area (Å²) < 4.78 is 0. The number of aryl methyl sites for hydroxylation is 1. The second-order valence-corrected chi connectivity index (χ2v) is 3.55. The van der Waals surface area contributed by atoms with E-state index in [0.717, 1.165) is 18.5 Å². The summed E-state index contributed by atoms with van der Waals surface area (Å²) in [7, 11) is 0. The Morgan fingerprint density at radius 2 is 2.23 bits per heavy atom. The van der Waals surface area contributed by atoms with Crippen LogP contribution in [0.5, 0.6) is 0 Å². The minimum Gasteiger partial charge on any atom is -0.295 e. The largest absolute Gasteiger partial charge is 0.295 e. The average molecular weight is 181 g/mol. The smallest absolute Gasteiger partial charge is 0.120 e. The fourth-order valence-corrected chi connectivity index (χ4v) is 1.91. The summed E-state index contributed by atoms with van der Waals surface area (Å²) in [4.78, 5) is 4.78. The van der Waals surface area contributed by atoms with Gasteiger partial charge in [-0.2, -0.15) is 5.10 Å². The number of nitrogens with one attached hydrogen (secondary N) is 1. The molecule has 4 nitrogen and oxygen atoms in total. The van der Waals surface area contributed by atoms with Gasteiger partial charge in [0.25, 0.3) is 0 Å². The highest BCUT2D eigenvalue weighted by atomic mass is 16.6. The highest BCUT2D eigenvalue weighted by Gasteiger charge is 2.20. The van der Waals surface area contributed by atoms with Gasteiger partial charge in [-0.3, -0.25) is 9.94 Å².